The molecule has 0 saturated heterocycles. The molecule has 1 aliphatic heterocycles. The van der Waals surface area contributed by atoms with E-state index in [4.69, 9.17) is 0 Å². The predicted molar refractivity (Wildman–Crippen MR) is 150 cm³/mol. The van der Waals surface area contributed by atoms with Gasteiger partial charge in [-0.3, -0.25) is 24.0 Å². The normalized spacial score (nSPS) is 27.4. The Balaban J connectivity index is 1.79. The monoisotopic (exact) mass is 493 g/mol. The Morgan fingerprint density at radius 2 is 1.97 bits per heavy atom. The van der Waals surface area contributed by atoms with Crippen LogP contribution in [0.1, 0.15) is 76.9 Å². The first-order valence-electron chi connectivity index (χ1n) is 13.8. The quantitative estimate of drug-likeness (QED) is 0.375. The summed E-state index contributed by atoms with van der Waals surface area (Å²) in [5.74, 6) is 0.841. The van der Waals surface area contributed by atoms with Crippen LogP contribution in [-0.4, -0.2) is 65.3 Å². The minimum absolute atomic E-state index is 0.0813. The molecule has 5 heteroatoms. The second-order valence-corrected chi connectivity index (χ2v) is 11.4. The minimum atomic E-state index is -0.265. The molecular formula is C31H47N3O2. The van der Waals surface area contributed by atoms with Crippen molar-refractivity contribution in [3.05, 3.63) is 52.9 Å². The molecule has 0 spiro atoms. The summed E-state index contributed by atoms with van der Waals surface area (Å²) >= 11 is 0. The van der Waals surface area contributed by atoms with Gasteiger partial charge >= 0.3 is 0 Å². The average Bonchev–Trinajstić information content (AvgIpc) is 3.23. The molecule has 1 saturated carbocycles. The van der Waals surface area contributed by atoms with Crippen molar-refractivity contribution in [2.75, 3.05) is 33.2 Å². The van der Waals surface area contributed by atoms with E-state index in [0.717, 1.165) is 55.7 Å². The van der Waals surface area contributed by atoms with Gasteiger partial charge in [0, 0.05) is 29.9 Å². The van der Waals surface area contributed by atoms with Crippen LogP contribution in [0.25, 0.3) is 6.08 Å². The summed E-state index contributed by atoms with van der Waals surface area (Å²) in [6.45, 7) is 18.1. The maximum Gasteiger partial charge on any atom is 0.237 e. The number of aryl methyl sites for hydroxylation is 1. The van der Waals surface area contributed by atoms with E-state index in [9.17, 15) is 9.59 Å². The molecule has 0 radical (unpaired) electrons. The molecule has 5 nitrogen and oxygen atoms in total. The molecular weight excluding hydrogens is 446 g/mol. The topological polar surface area (TPSA) is 45.6 Å². The lowest BCUT2D eigenvalue weighted by Gasteiger charge is -2.43. The largest absolute Gasteiger partial charge is 0.299 e. The third-order valence-electron chi connectivity index (χ3n) is 8.70. The second kappa shape index (κ2) is 11.9. The maximum atomic E-state index is 13.3. The number of rotatable bonds is 10. The van der Waals surface area contributed by atoms with Gasteiger partial charge in [-0.05, 0) is 94.9 Å². The lowest BCUT2D eigenvalue weighted by atomic mass is 9.61. The van der Waals surface area contributed by atoms with Crippen molar-refractivity contribution in [1.29, 1.82) is 0 Å². The van der Waals surface area contributed by atoms with Crippen molar-refractivity contribution in [2.45, 2.75) is 73.8 Å². The molecule has 2 aliphatic rings. The Kier molecular flexibility index (Phi) is 9.34. The number of carbonyl (C=O) groups is 2. The number of hydrogen-bond donors (Lipinski definition) is 0. The van der Waals surface area contributed by atoms with Crippen LogP contribution in [0.5, 0.6) is 0 Å². The zero-order valence-corrected chi connectivity index (χ0v) is 23.8. The fraction of sp³-hybridized carbons (Fsp3) is 0.613. The number of aromatic nitrogens is 1. The van der Waals surface area contributed by atoms with Gasteiger partial charge in [0.2, 0.25) is 5.91 Å². The van der Waals surface area contributed by atoms with Crippen molar-refractivity contribution in [3.63, 3.8) is 0 Å². The molecule has 2 unspecified atom stereocenters. The summed E-state index contributed by atoms with van der Waals surface area (Å²) < 4.78 is 1.84. The molecule has 36 heavy (non-hydrogen) atoms. The number of ketones is 1. The highest BCUT2D eigenvalue weighted by molar-refractivity contribution is 5.88. The van der Waals surface area contributed by atoms with Crippen LogP contribution in [0, 0.1) is 24.2 Å². The number of nitrogens with zero attached hydrogens (tertiary/aromatic N) is 3. The zero-order chi connectivity index (χ0) is 26.6. The highest BCUT2D eigenvalue weighted by Gasteiger charge is 2.46. The predicted octanol–water partition coefficient (Wildman–Crippen LogP) is 6.01. The van der Waals surface area contributed by atoms with Gasteiger partial charge in [0.05, 0.1) is 12.5 Å². The SMILES string of the molecule is CCCN(CC)CC(=O)[C@@H]1C=C(/C(C)=C/C=C\c2cc(C)cn2C(=O)C2(C)CCC2C)[C@@H](C)N(C)C1. The fourth-order valence-electron chi connectivity index (χ4n) is 5.54. The first kappa shape index (κ1) is 28.3. The van der Waals surface area contributed by atoms with Crippen LogP contribution in [0.2, 0.25) is 0 Å². The van der Waals surface area contributed by atoms with E-state index >= 15 is 0 Å². The molecule has 0 aromatic carbocycles. The smallest absolute Gasteiger partial charge is 0.237 e. The summed E-state index contributed by atoms with van der Waals surface area (Å²) in [6.07, 6.45) is 13.5. The third-order valence-corrected chi connectivity index (χ3v) is 8.70. The van der Waals surface area contributed by atoms with E-state index < -0.39 is 0 Å². The molecule has 0 bridgehead atoms. The third kappa shape index (κ3) is 6.00. The summed E-state index contributed by atoms with van der Waals surface area (Å²) in [6, 6.07) is 2.33. The van der Waals surface area contributed by atoms with Gasteiger partial charge < -0.3 is 0 Å². The van der Waals surface area contributed by atoms with Crippen LogP contribution >= 0.6 is 0 Å². The van der Waals surface area contributed by atoms with Crippen molar-refractivity contribution < 1.29 is 9.59 Å². The summed E-state index contributed by atoms with van der Waals surface area (Å²) in [7, 11) is 2.11. The van der Waals surface area contributed by atoms with Gasteiger partial charge in [-0.2, -0.15) is 0 Å². The second-order valence-electron chi connectivity index (χ2n) is 11.4. The van der Waals surface area contributed by atoms with Crippen LogP contribution < -0.4 is 0 Å². The minimum Gasteiger partial charge on any atom is -0.299 e. The Labute approximate surface area is 218 Å². The van der Waals surface area contributed by atoms with Crippen molar-refractivity contribution in [3.8, 4) is 0 Å². The average molecular weight is 494 g/mol. The van der Waals surface area contributed by atoms with Crippen LogP contribution in [-0.2, 0) is 4.79 Å². The number of likely N-dealkylation sites (N-methyl/N-ethyl adjacent to an activating group) is 2. The van der Waals surface area contributed by atoms with Crippen LogP contribution in [0.4, 0.5) is 0 Å². The molecule has 198 valence electrons. The molecule has 3 rings (SSSR count). The Morgan fingerprint density at radius 1 is 1.25 bits per heavy atom. The molecule has 1 aromatic heterocycles. The number of carbonyl (C=O) groups excluding carboxylic acids is 2. The molecule has 1 aliphatic carbocycles. The van der Waals surface area contributed by atoms with E-state index in [1.807, 2.05) is 29.8 Å². The van der Waals surface area contributed by atoms with E-state index in [-0.39, 0.29) is 23.3 Å². The van der Waals surface area contributed by atoms with Crippen LogP contribution in [0.3, 0.4) is 0 Å². The summed E-state index contributed by atoms with van der Waals surface area (Å²) in [5.41, 5.74) is 4.12. The number of Topliss-reactive ketones (excluding diaryl/α,β-unsaturated/α-hetero) is 1. The van der Waals surface area contributed by atoms with Gasteiger partial charge in [0.1, 0.15) is 0 Å². The van der Waals surface area contributed by atoms with Gasteiger partial charge in [-0.1, -0.05) is 45.9 Å². The van der Waals surface area contributed by atoms with Crippen molar-refractivity contribution in [1.82, 2.24) is 14.4 Å². The zero-order valence-electron chi connectivity index (χ0n) is 23.8. The molecule has 1 fully saturated rings. The molecule has 2 heterocycles. The van der Waals surface area contributed by atoms with Crippen molar-refractivity contribution in [2.24, 2.45) is 17.3 Å². The lowest BCUT2D eigenvalue weighted by Crippen LogP contribution is -2.45. The Morgan fingerprint density at radius 3 is 2.56 bits per heavy atom. The highest BCUT2D eigenvalue weighted by atomic mass is 16.2. The van der Waals surface area contributed by atoms with E-state index in [2.05, 4.69) is 76.6 Å². The highest BCUT2D eigenvalue weighted by Crippen LogP contribution is 2.47. The fourth-order valence-corrected chi connectivity index (χ4v) is 5.54. The number of hydrogen-bond acceptors (Lipinski definition) is 4. The van der Waals surface area contributed by atoms with E-state index in [0.29, 0.717) is 18.2 Å². The Hall–Kier alpha value is -2.24. The molecule has 0 N–H and O–H groups in total. The molecule has 0 amide bonds. The first-order chi connectivity index (χ1) is 17.0. The van der Waals surface area contributed by atoms with Gasteiger partial charge in [-0.15, -0.1) is 0 Å². The Bertz CT molecular complexity index is 1050. The van der Waals surface area contributed by atoms with Gasteiger partial charge in [0.15, 0.2) is 5.78 Å². The summed E-state index contributed by atoms with van der Waals surface area (Å²) in [5, 5.41) is 0. The summed E-state index contributed by atoms with van der Waals surface area (Å²) in [4.78, 5) is 31.0. The molecule has 1 aromatic rings. The standard InChI is InChI=1S/C31H47N3O2/c1-9-16-33(10-2)21-29(35)26-18-28(25(6)32(8)20-26)23(4)12-11-13-27-17-22(3)19-34(27)30(36)31(7)15-14-24(31)5/h11-13,17-19,24-26H,9-10,14-16,20-21H2,1-8H3/b13-11-,23-12+/t24?,25-,26-,31?/m1/s1. The van der Waals surface area contributed by atoms with Gasteiger partial charge in [-0.25, -0.2) is 0 Å². The van der Waals surface area contributed by atoms with Gasteiger partial charge in [0.25, 0.3) is 0 Å². The van der Waals surface area contributed by atoms with E-state index in [1.165, 1.54) is 5.57 Å². The lowest BCUT2D eigenvalue weighted by molar-refractivity contribution is -0.123. The first-order valence-corrected chi connectivity index (χ1v) is 13.8. The number of allylic oxidation sites excluding steroid dienone is 2. The van der Waals surface area contributed by atoms with Crippen molar-refractivity contribution >= 4 is 17.8 Å². The van der Waals surface area contributed by atoms with E-state index in [1.54, 1.807) is 0 Å². The maximum absolute atomic E-state index is 13.3. The van der Waals surface area contributed by atoms with Crippen LogP contribution in [0.15, 0.2) is 41.6 Å². The molecule has 4 atom stereocenters.